The Morgan fingerprint density at radius 3 is 2.56 bits per heavy atom. The first-order valence-corrected chi connectivity index (χ1v) is 8.83. The average molecular weight is 407 g/mol. The van der Waals surface area contributed by atoms with E-state index in [4.69, 9.17) is 9.47 Å². The van der Waals surface area contributed by atoms with Gasteiger partial charge >= 0.3 is 0 Å². The SMILES string of the molecule is COc1ccccc1NC(=O)C(C)N(C)CCOc1ccc(Br)cc1. The number of amides is 1. The maximum Gasteiger partial charge on any atom is 0.241 e. The van der Waals surface area contributed by atoms with Crippen LogP contribution in [0.25, 0.3) is 0 Å². The fraction of sp³-hybridized carbons (Fsp3) is 0.316. The first-order valence-electron chi connectivity index (χ1n) is 8.03. The average Bonchev–Trinajstić information content (AvgIpc) is 2.63. The molecule has 1 atom stereocenters. The monoisotopic (exact) mass is 406 g/mol. The second-order valence-electron chi connectivity index (χ2n) is 5.65. The second kappa shape index (κ2) is 9.44. The van der Waals surface area contributed by atoms with Gasteiger partial charge in [0.1, 0.15) is 18.1 Å². The number of methoxy groups -OCH3 is 1. The first-order chi connectivity index (χ1) is 12.0. The van der Waals surface area contributed by atoms with Gasteiger partial charge in [0.15, 0.2) is 0 Å². The lowest BCUT2D eigenvalue weighted by Crippen LogP contribution is -2.41. The van der Waals surface area contributed by atoms with E-state index in [2.05, 4.69) is 21.2 Å². The molecule has 0 aliphatic carbocycles. The predicted molar refractivity (Wildman–Crippen MR) is 103 cm³/mol. The number of nitrogens with one attached hydrogen (secondary N) is 1. The van der Waals surface area contributed by atoms with Gasteiger partial charge < -0.3 is 14.8 Å². The Labute approximate surface area is 157 Å². The Balaban J connectivity index is 1.83. The van der Waals surface area contributed by atoms with E-state index in [1.165, 1.54) is 0 Å². The van der Waals surface area contributed by atoms with Crippen molar-refractivity contribution in [2.75, 3.05) is 32.6 Å². The summed E-state index contributed by atoms with van der Waals surface area (Å²) in [5, 5.41) is 2.90. The van der Waals surface area contributed by atoms with Crippen molar-refractivity contribution in [1.82, 2.24) is 4.90 Å². The molecule has 2 aromatic rings. The number of hydrogen-bond acceptors (Lipinski definition) is 4. The third-order valence-electron chi connectivity index (χ3n) is 3.93. The van der Waals surface area contributed by atoms with Gasteiger partial charge in [0.05, 0.1) is 18.8 Å². The number of halogens is 1. The second-order valence-corrected chi connectivity index (χ2v) is 6.56. The van der Waals surface area contributed by atoms with Gasteiger partial charge in [-0.25, -0.2) is 0 Å². The molecule has 0 saturated heterocycles. The van der Waals surface area contributed by atoms with Gasteiger partial charge in [0.25, 0.3) is 0 Å². The minimum Gasteiger partial charge on any atom is -0.495 e. The van der Waals surface area contributed by atoms with Crippen LogP contribution in [0.2, 0.25) is 0 Å². The van der Waals surface area contributed by atoms with Crippen molar-refractivity contribution in [2.24, 2.45) is 0 Å². The summed E-state index contributed by atoms with van der Waals surface area (Å²) in [5.41, 5.74) is 0.668. The van der Waals surface area contributed by atoms with Crippen molar-refractivity contribution in [3.8, 4) is 11.5 Å². The molecule has 0 aromatic heterocycles. The summed E-state index contributed by atoms with van der Waals surface area (Å²) in [6.45, 7) is 3.01. The highest BCUT2D eigenvalue weighted by molar-refractivity contribution is 9.10. The molecule has 1 N–H and O–H groups in total. The fourth-order valence-electron chi connectivity index (χ4n) is 2.22. The molecule has 1 unspecified atom stereocenters. The highest BCUT2D eigenvalue weighted by Gasteiger charge is 2.19. The van der Waals surface area contributed by atoms with Crippen molar-refractivity contribution >= 4 is 27.5 Å². The van der Waals surface area contributed by atoms with Crippen LogP contribution in [0.3, 0.4) is 0 Å². The standard InChI is InChI=1S/C19H23BrN2O3/c1-14(19(23)21-17-6-4-5-7-18(17)24-3)22(2)12-13-25-16-10-8-15(20)9-11-16/h4-11,14H,12-13H2,1-3H3,(H,21,23). The van der Waals surface area contributed by atoms with E-state index in [0.717, 1.165) is 10.2 Å². The summed E-state index contributed by atoms with van der Waals surface area (Å²) in [7, 11) is 3.48. The van der Waals surface area contributed by atoms with E-state index >= 15 is 0 Å². The lowest BCUT2D eigenvalue weighted by molar-refractivity contribution is -0.120. The van der Waals surface area contributed by atoms with Crippen LogP contribution in [0.1, 0.15) is 6.92 Å². The molecule has 2 rings (SSSR count). The van der Waals surface area contributed by atoms with Crippen LogP contribution in [0.5, 0.6) is 11.5 Å². The Hall–Kier alpha value is -2.05. The number of ether oxygens (including phenoxy) is 2. The molecule has 2 aromatic carbocycles. The van der Waals surface area contributed by atoms with Crippen LogP contribution >= 0.6 is 15.9 Å². The number of hydrogen-bond donors (Lipinski definition) is 1. The summed E-state index contributed by atoms with van der Waals surface area (Å²) < 4.78 is 12.0. The zero-order valence-corrected chi connectivity index (χ0v) is 16.2. The van der Waals surface area contributed by atoms with Gasteiger partial charge in [-0.15, -0.1) is 0 Å². The fourth-order valence-corrected chi connectivity index (χ4v) is 2.48. The van der Waals surface area contributed by atoms with Gasteiger partial charge in [0, 0.05) is 11.0 Å². The molecule has 0 aliphatic rings. The number of para-hydroxylation sites is 2. The predicted octanol–water partition coefficient (Wildman–Crippen LogP) is 3.80. The Morgan fingerprint density at radius 1 is 1.20 bits per heavy atom. The molecule has 25 heavy (non-hydrogen) atoms. The van der Waals surface area contributed by atoms with Gasteiger partial charge in [0.2, 0.25) is 5.91 Å². The largest absolute Gasteiger partial charge is 0.495 e. The molecule has 1 amide bonds. The van der Waals surface area contributed by atoms with Gasteiger partial charge in [-0.2, -0.15) is 0 Å². The summed E-state index contributed by atoms with van der Waals surface area (Å²) in [5.74, 6) is 1.36. The Bertz CT molecular complexity index is 691. The maximum atomic E-state index is 12.4. The Kier molecular flexibility index (Phi) is 7.28. The highest BCUT2D eigenvalue weighted by atomic mass is 79.9. The number of benzene rings is 2. The zero-order valence-electron chi connectivity index (χ0n) is 14.7. The highest BCUT2D eigenvalue weighted by Crippen LogP contribution is 2.23. The molecular formula is C19H23BrN2O3. The molecule has 5 nitrogen and oxygen atoms in total. The molecule has 6 heteroatoms. The van der Waals surface area contributed by atoms with Crippen molar-refractivity contribution in [3.63, 3.8) is 0 Å². The number of carbonyl (C=O) groups is 1. The molecule has 0 spiro atoms. The van der Waals surface area contributed by atoms with E-state index in [0.29, 0.717) is 24.6 Å². The van der Waals surface area contributed by atoms with Crippen molar-refractivity contribution in [2.45, 2.75) is 13.0 Å². The van der Waals surface area contributed by atoms with E-state index < -0.39 is 0 Å². The van der Waals surface area contributed by atoms with Gasteiger partial charge in [-0.05, 0) is 50.4 Å². The molecule has 0 saturated carbocycles. The number of carbonyl (C=O) groups excluding carboxylic acids is 1. The molecule has 0 fully saturated rings. The van der Waals surface area contributed by atoms with Crippen LogP contribution in [0.15, 0.2) is 53.0 Å². The lowest BCUT2D eigenvalue weighted by atomic mass is 10.2. The third kappa shape index (κ3) is 5.76. The minimum atomic E-state index is -0.293. The number of anilines is 1. The summed E-state index contributed by atoms with van der Waals surface area (Å²) >= 11 is 3.39. The van der Waals surface area contributed by atoms with E-state index in [1.54, 1.807) is 7.11 Å². The third-order valence-corrected chi connectivity index (χ3v) is 4.46. The van der Waals surface area contributed by atoms with Crippen molar-refractivity contribution in [3.05, 3.63) is 53.0 Å². The first kappa shape index (κ1) is 19.3. The van der Waals surface area contributed by atoms with Crippen LogP contribution in [0, 0.1) is 0 Å². The number of likely N-dealkylation sites (N-methyl/N-ethyl adjacent to an activating group) is 1. The molecule has 0 radical (unpaired) electrons. The molecular weight excluding hydrogens is 384 g/mol. The van der Waals surface area contributed by atoms with Gasteiger partial charge in [-0.1, -0.05) is 28.1 Å². The van der Waals surface area contributed by atoms with Crippen molar-refractivity contribution < 1.29 is 14.3 Å². The van der Waals surface area contributed by atoms with E-state index in [1.807, 2.05) is 67.4 Å². The summed E-state index contributed by atoms with van der Waals surface area (Å²) in [4.78, 5) is 14.4. The molecule has 0 aliphatic heterocycles. The van der Waals surface area contributed by atoms with Crippen LogP contribution in [0.4, 0.5) is 5.69 Å². The molecule has 134 valence electrons. The van der Waals surface area contributed by atoms with E-state index in [-0.39, 0.29) is 11.9 Å². The van der Waals surface area contributed by atoms with Crippen LogP contribution in [-0.4, -0.2) is 44.2 Å². The quantitative estimate of drug-likeness (QED) is 0.724. The maximum absolute atomic E-state index is 12.4. The number of nitrogens with zero attached hydrogens (tertiary/aromatic N) is 1. The number of rotatable bonds is 8. The van der Waals surface area contributed by atoms with Crippen LogP contribution < -0.4 is 14.8 Å². The normalized spacial score (nSPS) is 11.9. The van der Waals surface area contributed by atoms with Gasteiger partial charge in [-0.3, -0.25) is 9.69 Å². The summed E-state index contributed by atoms with van der Waals surface area (Å²) in [6.07, 6.45) is 0. The molecule has 0 heterocycles. The minimum absolute atomic E-state index is 0.0874. The summed E-state index contributed by atoms with van der Waals surface area (Å²) in [6, 6.07) is 14.7. The zero-order chi connectivity index (χ0) is 18.2. The van der Waals surface area contributed by atoms with Crippen molar-refractivity contribution in [1.29, 1.82) is 0 Å². The smallest absolute Gasteiger partial charge is 0.241 e. The molecule has 0 bridgehead atoms. The lowest BCUT2D eigenvalue weighted by Gasteiger charge is -2.24. The topological polar surface area (TPSA) is 50.8 Å². The van der Waals surface area contributed by atoms with E-state index in [9.17, 15) is 4.79 Å². The Morgan fingerprint density at radius 2 is 1.88 bits per heavy atom. The van der Waals surface area contributed by atoms with Crippen LogP contribution in [-0.2, 0) is 4.79 Å².